The maximum Gasteiger partial charge on any atom is 0.0585 e. The first-order chi connectivity index (χ1) is 9.15. The molecule has 0 aliphatic heterocycles. The zero-order valence-corrected chi connectivity index (χ0v) is 11.7. The Morgan fingerprint density at radius 1 is 0.842 bits per heavy atom. The summed E-state index contributed by atoms with van der Waals surface area (Å²) >= 11 is 0. The number of hydrogen-bond donors (Lipinski definition) is 2. The van der Waals surface area contributed by atoms with E-state index in [-0.39, 0.29) is 12.6 Å². The summed E-state index contributed by atoms with van der Waals surface area (Å²) in [6, 6.07) is 20.7. The fourth-order valence-corrected chi connectivity index (χ4v) is 1.47. The quantitative estimate of drug-likeness (QED) is 0.886. The Bertz CT molecular complexity index is 402. The summed E-state index contributed by atoms with van der Waals surface area (Å²) < 4.78 is 0. The molecule has 102 valence electrons. The first-order valence-corrected chi connectivity index (χ1v) is 6.62. The van der Waals surface area contributed by atoms with Gasteiger partial charge in [0.25, 0.3) is 0 Å². The van der Waals surface area contributed by atoms with E-state index in [0.29, 0.717) is 5.92 Å². The summed E-state index contributed by atoms with van der Waals surface area (Å²) in [5.74, 6) is 0.394. The lowest BCUT2D eigenvalue weighted by molar-refractivity contribution is 0.238. The van der Waals surface area contributed by atoms with Crippen LogP contribution in [0.3, 0.4) is 0 Å². The summed E-state index contributed by atoms with van der Waals surface area (Å²) in [6.07, 6.45) is 0. The van der Waals surface area contributed by atoms with Gasteiger partial charge in [-0.2, -0.15) is 0 Å². The number of rotatable bonds is 3. The van der Waals surface area contributed by atoms with Crippen LogP contribution in [0.1, 0.15) is 13.8 Å². The van der Waals surface area contributed by atoms with Crippen LogP contribution in [0.4, 0.5) is 0 Å². The molecular formula is C17H23NO. The minimum absolute atomic E-state index is 0.0417. The van der Waals surface area contributed by atoms with Crippen LogP contribution in [0.25, 0.3) is 11.1 Å². The van der Waals surface area contributed by atoms with E-state index in [2.05, 4.69) is 48.5 Å². The number of nitrogens with two attached hydrogens (primary N) is 1. The van der Waals surface area contributed by atoms with E-state index in [1.807, 2.05) is 26.0 Å². The van der Waals surface area contributed by atoms with Crippen molar-refractivity contribution in [2.24, 2.45) is 11.7 Å². The Kier molecular flexibility index (Phi) is 6.86. The molecular weight excluding hydrogens is 234 g/mol. The molecule has 0 amide bonds. The maximum absolute atomic E-state index is 8.38. The Labute approximate surface area is 115 Å². The second-order valence-corrected chi connectivity index (χ2v) is 4.82. The zero-order chi connectivity index (χ0) is 14.1. The van der Waals surface area contributed by atoms with Crippen LogP contribution in [0.5, 0.6) is 0 Å². The van der Waals surface area contributed by atoms with Gasteiger partial charge in [0.15, 0.2) is 0 Å². The van der Waals surface area contributed by atoms with Crippen molar-refractivity contribution < 1.29 is 5.11 Å². The third kappa shape index (κ3) is 5.69. The monoisotopic (exact) mass is 257 g/mol. The average Bonchev–Trinajstić information content (AvgIpc) is 2.49. The molecule has 0 saturated carbocycles. The van der Waals surface area contributed by atoms with Crippen molar-refractivity contribution in [2.75, 3.05) is 6.61 Å². The fourth-order valence-electron chi connectivity index (χ4n) is 1.47. The highest BCUT2D eigenvalue weighted by molar-refractivity contribution is 5.62. The van der Waals surface area contributed by atoms with E-state index in [0.717, 1.165) is 0 Å². The summed E-state index contributed by atoms with van der Waals surface area (Å²) in [5.41, 5.74) is 7.92. The van der Waals surface area contributed by atoms with Crippen LogP contribution in [-0.2, 0) is 0 Å². The molecule has 0 aliphatic carbocycles. The highest BCUT2D eigenvalue weighted by atomic mass is 16.3. The highest BCUT2D eigenvalue weighted by Gasteiger charge is 2.02. The third-order valence-electron chi connectivity index (χ3n) is 2.95. The highest BCUT2D eigenvalue weighted by Crippen LogP contribution is 2.17. The Morgan fingerprint density at radius 2 is 1.21 bits per heavy atom. The van der Waals surface area contributed by atoms with E-state index < -0.39 is 0 Å². The molecule has 0 saturated heterocycles. The van der Waals surface area contributed by atoms with Crippen molar-refractivity contribution >= 4 is 0 Å². The molecule has 0 heterocycles. The van der Waals surface area contributed by atoms with E-state index in [4.69, 9.17) is 10.8 Å². The third-order valence-corrected chi connectivity index (χ3v) is 2.95. The first kappa shape index (κ1) is 15.4. The number of benzene rings is 2. The van der Waals surface area contributed by atoms with Crippen LogP contribution >= 0.6 is 0 Å². The van der Waals surface area contributed by atoms with Gasteiger partial charge >= 0.3 is 0 Å². The molecule has 0 fully saturated rings. The number of aliphatic hydroxyl groups is 1. The molecule has 2 rings (SSSR count). The van der Waals surface area contributed by atoms with E-state index in [9.17, 15) is 0 Å². The van der Waals surface area contributed by atoms with Gasteiger partial charge in [0.2, 0.25) is 0 Å². The minimum Gasteiger partial charge on any atom is -0.395 e. The normalized spacial score (nSPS) is 11.6. The second kappa shape index (κ2) is 8.46. The van der Waals surface area contributed by atoms with Gasteiger partial charge < -0.3 is 10.8 Å². The predicted octanol–water partition coefficient (Wildman–Crippen LogP) is 3.32. The SMILES string of the molecule is CC(C)C(N)CO.c1ccc(-c2ccccc2)cc1. The Balaban J connectivity index is 0.000000224. The standard InChI is InChI=1S/C12H10.C5H13NO/c1-3-7-11(8-4-1)12-9-5-2-6-10-12;1-4(2)5(6)3-7/h1-10H;4-5,7H,3,6H2,1-2H3. The molecule has 19 heavy (non-hydrogen) atoms. The van der Waals surface area contributed by atoms with Gasteiger partial charge in [0.1, 0.15) is 0 Å². The minimum atomic E-state index is -0.0417. The van der Waals surface area contributed by atoms with Gasteiger partial charge in [0, 0.05) is 6.04 Å². The largest absolute Gasteiger partial charge is 0.395 e. The molecule has 2 nitrogen and oxygen atoms in total. The molecule has 0 spiro atoms. The lowest BCUT2D eigenvalue weighted by Gasteiger charge is -2.10. The van der Waals surface area contributed by atoms with Gasteiger partial charge in [-0.25, -0.2) is 0 Å². The average molecular weight is 257 g/mol. The maximum atomic E-state index is 8.38. The molecule has 0 aromatic heterocycles. The molecule has 0 aliphatic rings. The van der Waals surface area contributed by atoms with Crippen molar-refractivity contribution in [1.82, 2.24) is 0 Å². The second-order valence-electron chi connectivity index (χ2n) is 4.82. The lowest BCUT2D eigenvalue weighted by atomic mass is 10.1. The van der Waals surface area contributed by atoms with E-state index in [1.165, 1.54) is 11.1 Å². The molecule has 1 atom stereocenters. The summed E-state index contributed by atoms with van der Waals surface area (Å²) in [6.45, 7) is 4.07. The van der Waals surface area contributed by atoms with Crippen LogP contribution in [-0.4, -0.2) is 17.8 Å². The van der Waals surface area contributed by atoms with E-state index >= 15 is 0 Å². The summed E-state index contributed by atoms with van der Waals surface area (Å²) in [5, 5.41) is 8.38. The van der Waals surface area contributed by atoms with Crippen molar-refractivity contribution in [3.05, 3.63) is 60.7 Å². The predicted molar refractivity (Wildman–Crippen MR) is 81.8 cm³/mol. The van der Waals surface area contributed by atoms with Gasteiger partial charge in [-0.1, -0.05) is 74.5 Å². The van der Waals surface area contributed by atoms with E-state index in [1.54, 1.807) is 0 Å². The first-order valence-electron chi connectivity index (χ1n) is 6.62. The van der Waals surface area contributed by atoms with Gasteiger partial charge in [-0.3, -0.25) is 0 Å². The topological polar surface area (TPSA) is 46.2 Å². The van der Waals surface area contributed by atoms with Crippen LogP contribution in [0, 0.1) is 5.92 Å². The van der Waals surface area contributed by atoms with Crippen molar-refractivity contribution in [1.29, 1.82) is 0 Å². The molecule has 0 bridgehead atoms. The van der Waals surface area contributed by atoms with Crippen molar-refractivity contribution in [3.63, 3.8) is 0 Å². The van der Waals surface area contributed by atoms with Crippen LogP contribution < -0.4 is 5.73 Å². The molecule has 2 heteroatoms. The zero-order valence-electron chi connectivity index (χ0n) is 11.7. The molecule has 2 aromatic rings. The fraction of sp³-hybridized carbons (Fsp3) is 0.294. The Hall–Kier alpha value is -1.64. The molecule has 1 unspecified atom stereocenters. The molecule has 0 radical (unpaired) electrons. The van der Waals surface area contributed by atoms with Crippen LogP contribution in [0.15, 0.2) is 60.7 Å². The smallest absolute Gasteiger partial charge is 0.0585 e. The summed E-state index contributed by atoms with van der Waals surface area (Å²) in [7, 11) is 0. The van der Waals surface area contributed by atoms with Gasteiger partial charge in [0.05, 0.1) is 6.61 Å². The molecule has 3 N–H and O–H groups in total. The number of aliphatic hydroxyl groups excluding tert-OH is 1. The van der Waals surface area contributed by atoms with Gasteiger partial charge in [-0.15, -0.1) is 0 Å². The van der Waals surface area contributed by atoms with Crippen molar-refractivity contribution in [2.45, 2.75) is 19.9 Å². The van der Waals surface area contributed by atoms with Gasteiger partial charge in [-0.05, 0) is 17.0 Å². The summed E-state index contributed by atoms with van der Waals surface area (Å²) in [4.78, 5) is 0. The molecule has 2 aromatic carbocycles. The Morgan fingerprint density at radius 3 is 1.42 bits per heavy atom. The van der Waals surface area contributed by atoms with Crippen LogP contribution in [0.2, 0.25) is 0 Å². The van der Waals surface area contributed by atoms with Crippen molar-refractivity contribution in [3.8, 4) is 11.1 Å². The number of hydrogen-bond acceptors (Lipinski definition) is 2. The lowest BCUT2D eigenvalue weighted by Crippen LogP contribution is -2.29.